The van der Waals surface area contributed by atoms with E-state index >= 15 is 0 Å². The lowest BCUT2D eigenvalue weighted by molar-refractivity contribution is -0.155. The van der Waals surface area contributed by atoms with Crippen molar-refractivity contribution in [1.29, 1.82) is 0 Å². The lowest BCUT2D eigenvalue weighted by atomic mass is 9.76. The largest absolute Gasteiger partial charge is 0.497 e. The van der Waals surface area contributed by atoms with Gasteiger partial charge in [0.2, 0.25) is 5.91 Å². The average Bonchev–Trinajstić information content (AvgIpc) is 3.16. The molecule has 1 aliphatic rings. The summed E-state index contributed by atoms with van der Waals surface area (Å²) in [6, 6.07) is 9.20. The maximum atomic E-state index is 12.5. The molecule has 0 spiro atoms. The zero-order chi connectivity index (χ0) is 21.0. The van der Waals surface area contributed by atoms with Crippen molar-refractivity contribution in [2.45, 2.75) is 39.5 Å². The number of carbonyl (C=O) groups is 2. The summed E-state index contributed by atoms with van der Waals surface area (Å²) in [6.45, 7) is 4.78. The molecule has 1 fully saturated rings. The number of rotatable bonds is 7. The number of aromatic nitrogens is 1. The Labute approximate surface area is 170 Å². The normalized spacial score (nSPS) is 19.4. The van der Waals surface area contributed by atoms with Gasteiger partial charge in [-0.05, 0) is 43.0 Å². The summed E-state index contributed by atoms with van der Waals surface area (Å²) in [5.41, 5.74) is 0.455. The van der Waals surface area contributed by atoms with Crippen molar-refractivity contribution in [3.63, 3.8) is 0 Å². The first-order chi connectivity index (χ1) is 13.8. The molecule has 156 valence electrons. The van der Waals surface area contributed by atoms with E-state index in [1.165, 1.54) is 0 Å². The van der Waals surface area contributed by atoms with Crippen LogP contribution < -0.4 is 4.74 Å². The van der Waals surface area contributed by atoms with Gasteiger partial charge >= 0.3 is 5.97 Å². The third-order valence-corrected chi connectivity index (χ3v) is 5.42. The molecule has 1 amide bonds. The van der Waals surface area contributed by atoms with Gasteiger partial charge in [0.1, 0.15) is 17.2 Å². The molecule has 7 nitrogen and oxygen atoms in total. The number of piperidine rings is 1. The molecular formula is C22H28N2O5. The number of carboxylic acids is 1. The van der Waals surface area contributed by atoms with Crippen LogP contribution in [-0.2, 0) is 16.0 Å². The van der Waals surface area contributed by atoms with E-state index < -0.39 is 11.4 Å². The van der Waals surface area contributed by atoms with E-state index in [9.17, 15) is 14.7 Å². The topological polar surface area (TPSA) is 92.9 Å². The number of carboxylic acid groups (broad SMARTS) is 1. The number of methoxy groups -OCH3 is 1. The van der Waals surface area contributed by atoms with Gasteiger partial charge in [0.25, 0.3) is 0 Å². The quantitative estimate of drug-likeness (QED) is 0.763. The summed E-state index contributed by atoms with van der Waals surface area (Å²) in [5, 5.41) is 14.1. The highest BCUT2D eigenvalue weighted by Crippen LogP contribution is 2.35. The Morgan fingerprint density at radius 1 is 1.31 bits per heavy atom. The first-order valence-corrected chi connectivity index (χ1v) is 9.94. The van der Waals surface area contributed by atoms with E-state index in [0.29, 0.717) is 37.3 Å². The van der Waals surface area contributed by atoms with Crippen LogP contribution in [0, 0.1) is 11.3 Å². The summed E-state index contributed by atoms with van der Waals surface area (Å²) in [5.74, 6) is 0.612. The smallest absolute Gasteiger partial charge is 0.311 e. The Kier molecular flexibility index (Phi) is 6.25. The second-order valence-electron chi connectivity index (χ2n) is 8.19. The molecule has 1 N–H and O–H groups in total. The van der Waals surface area contributed by atoms with Crippen molar-refractivity contribution in [2.75, 3.05) is 20.2 Å². The van der Waals surface area contributed by atoms with Crippen LogP contribution in [0.15, 0.2) is 34.9 Å². The Morgan fingerprint density at radius 2 is 2.03 bits per heavy atom. The van der Waals surface area contributed by atoms with Crippen molar-refractivity contribution >= 4 is 11.9 Å². The number of hydrogen-bond donors (Lipinski definition) is 1. The van der Waals surface area contributed by atoms with Gasteiger partial charge in [-0.1, -0.05) is 19.0 Å². The molecule has 3 rings (SSSR count). The second kappa shape index (κ2) is 8.68. The van der Waals surface area contributed by atoms with Crippen molar-refractivity contribution in [1.82, 2.24) is 10.1 Å². The maximum Gasteiger partial charge on any atom is 0.311 e. The van der Waals surface area contributed by atoms with Crippen LogP contribution in [0.5, 0.6) is 5.75 Å². The molecule has 0 bridgehead atoms. The fraction of sp³-hybridized carbons (Fsp3) is 0.500. The zero-order valence-corrected chi connectivity index (χ0v) is 17.2. The van der Waals surface area contributed by atoms with Gasteiger partial charge in [0, 0.05) is 37.6 Å². The SMILES string of the molecule is COc1ccc(-c2cc(C[C@]3(C(=O)O)CCCN(C(=O)CC(C)C)C3)on2)cc1. The lowest BCUT2D eigenvalue weighted by Crippen LogP contribution is -2.51. The summed E-state index contributed by atoms with van der Waals surface area (Å²) >= 11 is 0. The molecular weight excluding hydrogens is 372 g/mol. The van der Waals surface area contributed by atoms with E-state index in [1.54, 1.807) is 18.1 Å². The molecule has 1 aromatic carbocycles. The van der Waals surface area contributed by atoms with Gasteiger partial charge in [0.05, 0.1) is 12.5 Å². The van der Waals surface area contributed by atoms with Gasteiger partial charge in [-0.2, -0.15) is 0 Å². The third kappa shape index (κ3) is 4.78. The highest BCUT2D eigenvalue weighted by molar-refractivity contribution is 5.80. The fourth-order valence-electron chi connectivity index (χ4n) is 3.85. The van der Waals surface area contributed by atoms with Gasteiger partial charge in [-0.25, -0.2) is 0 Å². The van der Waals surface area contributed by atoms with E-state index in [-0.39, 0.29) is 24.8 Å². The molecule has 0 saturated carbocycles. The first kappa shape index (κ1) is 20.9. The molecule has 29 heavy (non-hydrogen) atoms. The number of hydrogen-bond acceptors (Lipinski definition) is 5. The highest BCUT2D eigenvalue weighted by Gasteiger charge is 2.44. The minimum atomic E-state index is -1.05. The Hall–Kier alpha value is -2.83. The molecule has 2 heterocycles. The molecule has 1 aromatic heterocycles. The van der Waals surface area contributed by atoms with Crippen LogP contribution in [0.2, 0.25) is 0 Å². The zero-order valence-electron chi connectivity index (χ0n) is 17.2. The van der Waals surface area contributed by atoms with Crippen LogP contribution in [0.3, 0.4) is 0 Å². The average molecular weight is 400 g/mol. The number of benzene rings is 1. The number of nitrogens with zero attached hydrogens (tertiary/aromatic N) is 2. The second-order valence-corrected chi connectivity index (χ2v) is 8.19. The third-order valence-electron chi connectivity index (χ3n) is 5.42. The lowest BCUT2D eigenvalue weighted by Gasteiger charge is -2.39. The Balaban J connectivity index is 1.77. The number of aliphatic carboxylic acids is 1. The Morgan fingerprint density at radius 3 is 2.66 bits per heavy atom. The molecule has 0 aliphatic carbocycles. The molecule has 2 aromatic rings. The molecule has 7 heteroatoms. The van der Waals surface area contributed by atoms with E-state index in [0.717, 1.165) is 11.3 Å². The summed E-state index contributed by atoms with van der Waals surface area (Å²) in [7, 11) is 1.61. The van der Waals surface area contributed by atoms with Gasteiger partial charge in [-0.15, -0.1) is 0 Å². The van der Waals surface area contributed by atoms with E-state index in [4.69, 9.17) is 9.26 Å². The van der Waals surface area contributed by atoms with Gasteiger partial charge < -0.3 is 19.3 Å². The van der Waals surface area contributed by atoms with Gasteiger partial charge in [-0.3, -0.25) is 9.59 Å². The van der Waals surface area contributed by atoms with Crippen LogP contribution in [-0.4, -0.2) is 47.2 Å². The van der Waals surface area contributed by atoms with Crippen LogP contribution >= 0.6 is 0 Å². The predicted octanol–water partition coefficient (Wildman–Crippen LogP) is 3.63. The number of ether oxygens (including phenoxy) is 1. The maximum absolute atomic E-state index is 12.5. The minimum absolute atomic E-state index is 0.0156. The van der Waals surface area contributed by atoms with E-state index in [2.05, 4.69) is 5.16 Å². The first-order valence-electron chi connectivity index (χ1n) is 9.94. The van der Waals surface area contributed by atoms with Crippen molar-refractivity contribution in [3.05, 3.63) is 36.1 Å². The highest BCUT2D eigenvalue weighted by atomic mass is 16.5. The van der Waals surface area contributed by atoms with E-state index in [1.807, 2.05) is 38.1 Å². The molecule has 1 aliphatic heterocycles. The monoisotopic (exact) mass is 400 g/mol. The van der Waals surface area contributed by atoms with Crippen molar-refractivity contribution in [3.8, 4) is 17.0 Å². The van der Waals surface area contributed by atoms with Gasteiger partial charge in [0.15, 0.2) is 0 Å². The molecule has 0 radical (unpaired) electrons. The number of likely N-dealkylation sites (tertiary alicyclic amines) is 1. The molecule has 1 atom stereocenters. The molecule has 0 unspecified atom stereocenters. The summed E-state index contributed by atoms with van der Waals surface area (Å²) in [6.07, 6.45) is 1.80. The van der Waals surface area contributed by atoms with Crippen molar-refractivity contribution in [2.24, 2.45) is 11.3 Å². The van der Waals surface area contributed by atoms with Crippen LogP contribution in [0.1, 0.15) is 38.9 Å². The molecule has 1 saturated heterocycles. The van der Waals surface area contributed by atoms with Crippen LogP contribution in [0.4, 0.5) is 0 Å². The Bertz CT molecular complexity index is 858. The minimum Gasteiger partial charge on any atom is -0.497 e. The fourth-order valence-corrected chi connectivity index (χ4v) is 3.85. The summed E-state index contributed by atoms with van der Waals surface area (Å²) < 4.78 is 10.6. The van der Waals surface area contributed by atoms with Crippen LogP contribution in [0.25, 0.3) is 11.3 Å². The number of amides is 1. The predicted molar refractivity (Wildman–Crippen MR) is 108 cm³/mol. The summed E-state index contributed by atoms with van der Waals surface area (Å²) in [4.78, 5) is 26.4. The van der Waals surface area contributed by atoms with Crippen molar-refractivity contribution < 1.29 is 24.0 Å². The number of carbonyl (C=O) groups excluding carboxylic acids is 1. The standard InChI is InChI=1S/C22H28N2O5/c1-15(2)11-20(25)24-10-4-9-22(14-24,21(26)27)13-18-12-19(23-29-18)16-5-7-17(28-3)8-6-16/h5-8,12,15H,4,9-11,13-14H2,1-3H3,(H,26,27)/t22-/m1/s1.